The first-order chi connectivity index (χ1) is 11.5. The van der Waals surface area contributed by atoms with Gasteiger partial charge >= 0.3 is 5.97 Å². The number of hydrogen-bond acceptors (Lipinski definition) is 5. The Kier molecular flexibility index (Phi) is 6.87. The van der Waals surface area contributed by atoms with E-state index in [4.69, 9.17) is 20.3 Å². The lowest BCUT2D eigenvalue weighted by atomic mass is 9.99. The topological polar surface area (TPSA) is 85.0 Å². The summed E-state index contributed by atoms with van der Waals surface area (Å²) in [7, 11) is 1.58. The van der Waals surface area contributed by atoms with Gasteiger partial charge in [-0.3, -0.25) is 9.69 Å². The molecule has 0 bridgehead atoms. The molecule has 0 radical (unpaired) electrons. The van der Waals surface area contributed by atoms with Crippen LogP contribution in [0.4, 0.5) is 0 Å². The second kappa shape index (κ2) is 8.89. The number of carbonyl (C=O) groups is 1. The van der Waals surface area contributed by atoms with Gasteiger partial charge in [0.1, 0.15) is 12.6 Å². The van der Waals surface area contributed by atoms with Crippen molar-refractivity contribution in [3.8, 4) is 11.5 Å². The number of para-hydroxylation sites is 1. The molecule has 1 saturated heterocycles. The Balaban J connectivity index is 1.98. The Hall–Kier alpha value is -1.79. The van der Waals surface area contributed by atoms with Gasteiger partial charge in [0.2, 0.25) is 0 Å². The molecule has 1 aromatic rings. The van der Waals surface area contributed by atoms with Gasteiger partial charge in [-0.15, -0.1) is 0 Å². The zero-order valence-electron chi connectivity index (χ0n) is 14.5. The SMILES string of the molecule is COc1cccc(CC(N)C(=O)O)c1OCCN1CCC(C)CC1. The second-order valence-electron chi connectivity index (χ2n) is 6.47. The standard InChI is InChI=1S/C18H28N2O4/c1-13-6-8-20(9-7-13)10-11-24-17-14(12-15(19)18(21)22)4-3-5-16(17)23-2/h3-5,13,15H,6-12,19H2,1-2H3,(H,21,22). The molecular weight excluding hydrogens is 308 g/mol. The van der Waals surface area contributed by atoms with E-state index in [9.17, 15) is 4.79 Å². The van der Waals surface area contributed by atoms with Gasteiger partial charge in [-0.25, -0.2) is 0 Å². The maximum absolute atomic E-state index is 11.0. The molecule has 6 nitrogen and oxygen atoms in total. The number of likely N-dealkylation sites (tertiary alicyclic amines) is 1. The molecule has 0 aromatic heterocycles. The average molecular weight is 336 g/mol. The quantitative estimate of drug-likeness (QED) is 0.752. The Morgan fingerprint density at radius 2 is 2.12 bits per heavy atom. The van der Waals surface area contributed by atoms with E-state index >= 15 is 0 Å². The van der Waals surface area contributed by atoms with Crippen LogP contribution in [-0.4, -0.2) is 55.4 Å². The Labute approximate surface area is 143 Å². The van der Waals surface area contributed by atoms with Crippen LogP contribution >= 0.6 is 0 Å². The molecule has 0 aliphatic carbocycles. The maximum Gasteiger partial charge on any atom is 0.320 e. The molecule has 1 aliphatic rings. The number of benzene rings is 1. The predicted octanol–water partition coefficient (Wildman–Crippen LogP) is 1.76. The van der Waals surface area contributed by atoms with Crippen LogP contribution < -0.4 is 15.2 Å². The number of rotatable bonds is 8. The molecule has 3 N–H and O–H groups in total. The van der Waals surface area contributed by atoms with Gasteiger partial charge in [0, 0.05) is 18.5 Å². The van der Waals surface area contributed by atoms with Gasteiger partial charge in [0.05, 0.1) is 7.11 Å². The van der Waals surface area contributed by atoms with Crippen molar-refractivity contribution in [2.75, 3.05) is 33.4 Å². The van der Waals surface area contributed by atoms with E-state index in [0.29, 0.717) is 18.1 Å². The van der Waals surface area contributed by atoms with Crippen molar-refractivity contribution in [2.45, 2.75) is 32.2 Å². The zero-order valence-corrected chi connectivity index (χ0v) is 14.5. The lowest BCUT2D eigenvalue weighted by Gasteiger charge is -2.30. The number of hydrogen-bond donors (Lipinski definition) is 2. The third-order valence-electron chi connectivity index (χ3n) is 4.57. The number of nitrogens with zero attached hydrogens (tertiary/aromatic N) is 1. The summed E-state index contributed by atoms with van der Waals surface area (Å²) in [6, 6.07) is 4.52. The van der Waals surface area contributed by atoms with Crippen LogP contribution in [0.5, 0.6) is 11.5 Å². The summed E-state index contributed by atoms with van der Waals surface area (Å²) >= 11 is 0. The molecule has 0 amide bonds. The number of carboxylic acid groups (broad SMARTS) is 1. The van der Waals surface area contributed by atoms with Crippen molar-refractivity contribution in [3.63, 3.8) is 0 Å². The van der Waals surface area contributed by atoms with E-state index < -0.39 is 12.0 Å². The number of carboxylic acids is 1. The Bertz CT molecular complexity index is 542. The van der Waals surface area contributed by atoms with E-state index in [1.165, 1.54) is 12.8 Å². The molecule has 134 valence electrons. The molecule has 1 atom stereocenters. The van der Waals surface area contributed by atoms with Gasteiger partial charge in [0.25, 0.3) is 0 Å². The molecule has 1 aliphatic heterocycles. The predicted molar refractivity (Wildman–Crippen MR) is 92.6 cm³/mol. The van der Waals surface area contributed by atoms with Crippen molar-refractivity contribution < 1.29 is 19.4 Å². The second-order valence-corrected chi connectivity index (χ2v) is 6.47. The fraction of sp³-hybridized carbons (Fsp3) is 0.611. The number of nitrogens with two attached hydrogens (primary N) is 1. The maximum atomic E-state index is 11.0. The van der Waals surface area contributed by atoms with Gasteiger partial charge in [-0.05, 0) is 37.9 Å². The van der Waals surface area contributed by atoms with E-state index in [2.05, 4.69) is 11.8 Å². The largest absolute Gasteiger partial charge is 0.493 e. The normalized spacial score (nSPS) is 17.5. The summed E-state index contributed by atoms with van der Waals surface area (Å²) in [6.45, 7) is 5.90. The van der Waals surface area contributed by atoms with E-state index in [-0.39, 0.29) is 6.42 Å². The number of piperidine rings is 1. The van der Waals surface area contributed by atoms with Crippen molar-refractivity contribution in [1.82, 2.24) is 4.90 Å². The summed E-state index contributed by atoms with van der Waals surface area (Å²) in [5.41, 5.74) is 6.42. The molecule has 0 spiro atoms. The Morgan fingerprint density at radius 3 is 2.75 bits per heavy atom. The first kappa shape index (κ1) is 18.5. The number of ether oxygens (including phenoxy) is 2. The highest BCUT2D eigenvalue weighted by Crippen LogP contribution is 2.32. The molecular formula is C18H28N2O4. The molecule has 1 aromatic carbocycles. The summed E-state index contributed by atoms with van der Waals surface area (Å²) in [5.74, 6) is 0.992. The summed E-state index contributed by atoms with van der Waals surface area (Å²) in [4.78, 5) is 13.4. The van der Waals surface area contributed by atoms with Crippen LogP contribution in [0.3, 0.4) is 0 Å². The summed E-state index contributed by atoms with van der Waals surface area (Å²) in [6.07, 6.45) is 2.67. The fourth-order valence-electron chi connectivity index (χ4n) is 2.93. The lowest BCUT2D eigenvalue weighted by Crippen LogP contribution is -2.36. The van der Waals surface area contributed by atoms with E-state index in [0.717, 1.165) is 31.1 Å². The first-order valence-electron chi connectivity index (χ1n) is 8.50. The van der Waals surface area contributed by atoms with Crippen LogP contribution in [0.1, 0.15) is 25.3 Å². The van der Waals surface area contributed by atoms with Crippen molar-refractivity contribution in [2.24, 2.45) is 11.7 Å². The highest BCUT2D eigenvalue weighted by Gasteiger charge is 2.19. The van der Waals surface area contributed by atoms with Gasteiger partial charge in [0.15, 0.2) is 11.5 Å². The van der Waals surface area contributed by atoms with Crippen molar-refractivity contribution in [1.29, 1.82) is 0 Å². The molecule has 24 heavy (non-hydrogen) atoms. The molecule has 6 heteroatoms. The van der Waals surface area contributed by atoms with Crippen LogP contribution in [0.2, 0.25) is 0 Å². The number of methoxy groups -OCH3 is 1. The minimum Gasteiger partial charge on any atom is -0.493 e. The third kappa shape index (κ3) is 5.11. The lowest BCUT2D eigenvalue weighted by molar-refractivity contribution is -0.138. The highest BCUT2D eigenvalue weighted by atomic mass is 16.5. The number of aliphatic carboxylic acids is 1. The van der Waals surface area contributed by atoms with E-state index in [1.807, 2.05) is 18.2 Å². The summed E-state index contributed by atoms with van der Waals surface area (Å²) < 4.78 is 11.3. The molecule has 1 fully saturated rings. The minimum absolute atomic E-state index is 0.211. The van der Waals surface area contributed by atoms with Crippen molar-refractivity contribution >= 4 is 5.97 Å². The first-order valence-corrected chi connectivity index (χ1v) is 8.50. The van der Waals surface area contributed by atoms with E-state index in [1.54, 1.807) is 7.11 Å². The van der Waals surface area contributed by atoms with Crippen LogP contribution in [0.25, 0.3) is 0 Å². The van der Waals surface area contributed by atoms with Gasteiger partial charge in [-0.2, -0.15) is 0 Å². The van der Waals surface area contributed by atoms with Crippen LogP contribution in [0, 0.1) is 5.92 Å². The Morgan fingerprint density at radius 1 is 1.42 bits per heavy atom. The zero-order chi connectivity index (χ0) is 17.5. The molecule has 1 heterocycles. The van der Waals surface area contributed by atoms with Crippen molar-refractivity contribution in [3.05, 3.63) is 23.8 Å². The van der Waals surface area contributed by atoms with Gasteiger partial charge < -0.3 is 20.3 Å². The molecule has 2 rings (SSSR count). The van der Waals surface area contributed by atoms with Crippen LogP contribution in [0.15, 0.2) is 18.2 Å². The highest BCUT2D eigenvalue weighted by molar-refractivity contribution is 5.73. The molecule has 1 unspecified atom stereocenters. The van der Waals surface area contributed by atoms with Gasteiger partial charge in [-0.1, -0.05) is 19.1 Å². The van der Waals surface area contributed by atoms with Crippen LogP contribution in [-0.2, 0) is 11.2 Å². The average Bonchev–Trinajstić information content (AvgIpc) is 2.57. The third-order valence-corrected chi connectivity index (χ3v) is 4.57. The minimum atomic E-state index is -1.02. The smallest absolute Gasteiger partial charge is 0.320 e. The molecule has 0 saturated carbocycles. The fourth-order valence-corrected chi connectivity index (χ4v) is 2.93. The monoisotopic (exact) mass is 336 g/mol. The summed E-state index contributed by atoms with van der Waals surface area (Å²) in [5, 5.41) is 9.02.